The van der Waals surface area contributed by atoms with Gasteiger partial charge in [-0.15, -0.1) is 0 Å². The molecular weight excluding hydrogens is 342 g/mol. The van der Waals surface area contributed by atoms with E-state index in [4.69, 9.17) is 4.74 Å². The number of hydrogen-bond donors (Lipinski definition) is 2. The van der Waals surface area contributed by atoms with Crippen molar-refractivity contribution in [1.82, 2.24) is 9.97 Å². The maximum Gasteiger partial charge on any atom is 0.262 e. The van der Waals surface area contributed by atoms with Crippen LogP contribution >= 0.6 is 0 Å². The van der Waals surface area contributed by atoms with Crippen molar-refractivity contribution in [2.24, 2.45) is 0 Å². The van der Waals surface area contributed by atoms with Gasteiger partial charge in [0.2, 0.25) is 0 Å². The fourth-order valence-electron chi connectivity index (χ4n) is 3.17. The Hall–Kier alpha value is -3.41. The van der Waals surface area contributed by atoms with Crippen LogP contribution in [-0.2, 0) is 17.6 Å². The molecule has 0 fully saturated rings. The van der Waals surface area contributed by atoms with Crippen LogP contribution in [0.3, 0.4) is 0 Å². The fourth-order valence-corrected chi connectivity index (χ4v) is 3.17. The summed E-state index contributed by atoms with van der Waals surface area (Å²) >= 11 is 0. The van der Waals surface area contributed by atoms with Gasteiger partial charge in [-0.05, 0) is 54.7 Å². The molecule has 4 rings (SSSR count). The Labute approximate surface area is 156 Å². The number of ether oxygens (including phenoxy) is 1. The lowest BCUT2D eigenvalue weighted by atomic mass is 10.1. The topological polar surface area (TPSA) is 84.3 Å². The predicted octanol–water partition coefficient (Wildman–Crippen LogP) is 3.36. The minimum Gasteiger partial charge on any atom is -0.508 e. The molecule has 6 nitrogen and oxygen atoms in total. The lowest BCUT2D eigenvalue weighted by Gasteiger charge is -2.09. The lowest BCUT2D eigenvalue weighted by Crippen LogP contribution is -2.20. The third kappa shape index (κ3) is 4.06. The number of phenols is 1. The van der Waals surface area contributed by atoms with E-state index in [1.165, 1.54) is 29.9 Å². The van der Waals surface area contributed by atoms with Crippen LogP contribution in [0.25, 0.3) is 11.4 Å². The van der Waals surface area contributed by atoms with Crippen LogP contribution < -0.4 is 10.1 Å². The number of phenolic OH excluding ortho intramolecular Hbond substituents is 1. The number of hydrogen-bond acceptors (Lipinski definition) is 5. The van der Waals surface area contributed by atoms with Crippen LogP contribution in [-0.4, -0.2) is 27.6 Å². The van der Waals surface area contributed by atoms with Gasteiger partial charge in [-0.2, -0.15) is 0 Å². The predicted molar refractivity (Wildman–Crippen MR) is 102 cm³/mol. The smallest absolute Gasteiger partial charge is 0.262 e. The molecule has 1 heterocycles. The molecule has 0 saturated carbocycles. The number of amides is 1. The molecule has 0 saturated heterocycles. The summed E-state index contributed by atoms with van der Waals surface area (Å²) in [4.78, 5) is 20.5. The molecule has 0 spiro atoms. The second-order valence-corrected chi connectivity index (χ2v) is 6.47. The molecule has 0 atom stereocenters. The Kier molecular flexibility index (Phi) is 4.70. The third-order valence-electron chi connectivity index (χ3n) is 4.48. The minimum atomic E-state index is -0.274. The molecule has 27 heavy (non-hydrogen) atoms. The number of rotatable bonds is 5. The average Bonchev–Trinajstić information content (AvgIpc) is 3.15. The number of aryl methyl sites for hydroxylation is 2. The number of aromatic hydroxyl groups is 1. The number of nitrogens with zero attached hydrogens (tertiary/aromatic N) is 2. The van der Waals surface area contributed by atoms with Gasteiger partial charge in [-0.3, -0.25) is 4.79 Å². The van der Waals surface area contributed by atoms with Crippen molar-refractivity contribution in [3.63, 3.8) is 0 Å². The Morgan fingerprint density at radius 3 is 2.70 bits per heavy atom. The van der Waals surface area contributed by atoms with Crippen LogP contribution in [0.5, 0.6) is 11.5 Å². The molecule has 0 aliphatic heterocycles. The van der Waals surface area contributed by atoms with Crippen molar-refractivity contribution >= 4 is 11.6 Å². The Bertz CT molecular complexity index is 971. The Balaban J connectivity index is 1.34. The molecule has 0 radical (unpaired) electrons. The quantitative estimate of drug-likeness (QED) is 0.728. The molecule has 136 valence electrons. The summed E-state index contributed by atoms with van der Waals surface area (Å²) in [6, 6.07) is 12.7. The van der Waals surface area contributed by atoms with E-state index in [0.29, 0.717) is 22.8 Å². The van der Waals surface area contributed by atoms with E-state index < -0.39 is 0 Å². The van der Waals surface area contributed by atoms with Gasteiger partial charge < -0.3 is 15.2 Å². The maximum absolute atomic E-state index is 12.1. The molecule has 2 aromatic carbocycles. The van der Waals surface area contributed by atoms with Crippen molar-refractivity contribution in [3.05, 3.63) is 66.0 Å². The maximum atomic E-state index is 12.1. The van der Waals surface area contributed by atoms with Crippen molar-refractivity contribution in [2.45, 2.75) is 19.3 Å². The number of carbonyl (C=O) groups is 1. The molecule has 0 unspecified atom stereocenters. The highest BCUT2D eigenvalue weighted by Gasteiger charge is 2.12. The van der Waals surface area contributed by atoms with E-state index in [2.05, 4.69) is 21.4 Å². The summed E-state index contributed by atoms with van der Waals surface area (Å²) in [7, 11) is 0. The molecule has 1 amide bonds. The molecule has 1 aliphatic carbocycles. The average molecular weight is 361 g/mol. The van der Waals surface area contributed by atoms with E-state index in [1.807, 2.05) is 12.1 Å². The van der Waals surface area contributed by atoms with Gasteiger partial charge in [0, 0.05) is 5.56 Å². The van der Waals surface area contributed by atoms with Crippen LogP contribution in [0.1, 0.15) is 17.5 Å². The van der Waals surface area contributed by atoms with Crippen molar-refractivity contribution in [3.8, 4) is 22.9 Å². The van der Waals surface area contributed by atoms with Crippen LogP contribution in [0, 0.1) is 0 Å². The van der Waals surface area contributed by atoms with Gasteiger partial charge in [0.1, 0.15) is 11.5 Å². The molecule has 0 bridgehead atoms. The zero-order chi connectivity index (χ0) is 18.6. The number of carbonyl (C=O) groups excluding carboxylic acids is 1. The summed E-state index contributed by atoms with van der Waals surface area (Å²) in [6.07, 6.45) is 6.42. The largest absolute Gasteiger partial charge is 0.508 e. The van der Waals surface area contributed by atoms with Gasteiger partial charge >= 0.3 is 0 Å². The normalized spacial score (nSPS) is 12.4. The van der Waals surface area contributed by atoms with Gasteiger partial charge in [0.15, 0.2) is 12.4 Å². The first-order valence-electron chi connectivity index (χ1n) is 8.83. The highest BCUT2D eigenvalue weighted by molar-refractivity contribution is 5.91. The highest BCUT2D eigenvalue weighted by Crippen LogP contribution is 2.26. The highest BCUT2D eigenvalue weighted by atomic mass is 16.5. The Morgan fingerprint density at radius 1 is 1.07 bits per heavy atom. The van der Waals surface area contributed by atoms with E-state index >= 15 is 0 Å². The lowest BCUT2D eigenvalue weighted by molar-refractivity contribution is -0.118. The molecule has 3 aromatic rings. The van der Waals surface area contributed by atoms with Gasteiger partial charge in [-0.1, -0.05) is 18.2 Å². The SMILES string of the molecule is O=C(COc1ccc2c(c1)CCC2)Nc1cnc(-c2cccc(O)c2)nc1. The van der Waals surface area contributed by atoms with E-state index in [9.17, 15) is 9.90 Å². The van der Waals surface area contributed by atoms with E-state index in [0.717, 1.165) is 12.8 Å². The first-order chi connectivity index (χ1) is 13.2. The Morgan fingerprint density at radius 2 is 1.89 bits per heavy atom. The summed E-state index contributed by atoms with van der Waals surface area (Å²) < 4.78 is 5.59. The van der Waals surface area contributed by atoms with Gasteiger partial charge in [0.25, 0.3) is 5.91 Å². The summed E-state index contributed by atoms with van der Waals surface area (Å²) in [6.45, 7) is -0.0763. The zero-order valence-electron chi connectivity index (χ0n) is 14.7. The number of benzene rings is 2. The van der Waals surface area contributed by atoms with Crippen molar-refractivity contribution < 1.29 is 14.6 Å². The third-order valence-corrected chi connectivity index (χ3v) is 4.48. The second kappa shape index (κ2) is 7.45. The van der Waals surface area contributed by atoms with Crippen molar-refractivity contribution in [2.75, 3.05) is 11.9 Å². The zero-order valence-corrected chi connectivity index (χ0v) is 14.7. The second-order valence-electron chi connectivity index (χ2n) is 6.47. The van der Waals surface area contributed by atoms with Crippen LogP contribution in [0.2, 0.25) is 0 Å². The van der Waals surface area contributed by atoms with Crippen LogP contribution in [0.15, 0.2) is 54.9 Å². The molecule has 1 aromatic heterocycles. The van der Waals surface area contributed by atoms with Gasteiger partial charge in [0.05, 0.1) is 18.1 Å². The first-order valence-corrected chi connectivity index (χ1v) is 8.83. The summed E-state index contributed by atoms with van der Waals surface area (Å²) in [5.41, 5.74) is 3.87. The standard InChI is InChI=1S/C21H19N3O3/c25-18-6-2-5-16(9-18)21-22-11-17(12-23-21)24-20(26)13-27-19-8-7-14-3-1-4-15(14)10-19/h2,5-12,25H,1,3-4,13H2,(H,24,26). The van der Waals surface area contributed by atoms with Crippen molar-refractivity contribution in [1.29, 1.82) is 0 Å². The van der Waals surface area contributed by atoms with E-state index in [-0.39, 0.29) is 18.3 Å². The number of anilines is 1. The number of nitrogens with one attached hydrogen (secondary N) is 1. The molecular formula is C21H19N3O3. The van der Waals surface area contributed by atoms with E-state index in [1.54, 1.807) is 24.3 Å². The fraction of sp³-hybridized carbons (Fsp3) is 0.190. The molecule has 1 aliphatic rings. The van der Waals surface area contributed by atoms with Crippen LogP contribution in [0.4, 0.5) is 5.69 Å². The molecule has 2 N–H and O–H groups in total. The summed E-state index contributed by atoms with van der Waals surface area (Å²) in [5.74, 6) is 1.06. The monoisotopic (exact) mass is 361 g/mol. The number of fused-ring (bicyclic) bond motifs is 1. The first kappa shape index (κ1) is 17.0. The number of aromatic nitrogens is 2. The minimum absolute atomic E-state index is 0.0763. The summed E-state index contributed by atoms with van der Waals surface area (Å²) in [5, 5.41) is 12.2. The van der Waals surface area contributed by atoms with Gasteiger partial charge in [-0.25, -0.2) is 9.97 Å². The molecule has 6 heteroatoms.